The van der Waals surface area contributed by atoms with Crippen LogP contribution in [0.1, 0.15) is 0 Å². The van der Waals surface area contributed by atoms with Gasteiger partial charge in [0.2, 0.25) is 0 Å². The number of hydrogen-bond acceptors (Lipinski definition) is 5. The average molecular weight is 170 g/mol. The van der Waals surface area contributed by atoms with E-state index in [1.54, 1.807) is 35.6 Å². The first-order chi connectivity index (χ1) is 5.81. The third-order valence-corrected chi connectivity index (χ3v) is 0.740. The van der Waals surface area contributed by atoms with Crippen molar-refractivity contribution in [2.24, 2.45) is 11.7 Å². The maximum Gasteiger partial charge on any atom is 0.343 e. The molecule has 1 heterocycles. The van der Waals surface area contributed by atoms with E-state index < -0.39 is 6.03 Å². The van der Waals surface area contributed by atoms with Gasteiger partial charge in [0.25, 0.3) is 0 Å². The van der Waals surface area contributed by atoms with Crippen molar-refractivity contribution >= 4 is 6.03 Å². The molecule has 0 aliphatic heterocycles. The fourth-order valence-electron chi connectivity index (χ4n) is 0.295. The Morgan fingerprint density at radius 1 is 1.00 bits per heavy atom. The van der Waals surface area contributed by atoms with Gasteiger partial charge in [-0.2, -0.15) is 0 Å². The zero-order valence-corrected chi connectivity index (χ0v) is 6.27. The van der Waals surface area contributed by atoms with Crippen molar-refractivity contribution in [2.75, 3.05) is 0 Å². The van der Waals surface area contributed by atoms with E-state index in [-0.39, 0.29) is 0 Å². The molecule has 0 aromatic carbocycles. The van der Waals surface area contributed by atoms with Crippen molar-refractivity contribution in [1.29, 1.82) is 0 Å². The highest BCUT2D eigenvalue weighted by atomic mass is 16.2. The average Bonchev–Trinajstić information content (AvgIpc) is 2.20. The van der Waals surface area contributed by atoms with Crippen LogP contribution in [0.25, 0.3) is 0 Å². The molecule has 0 saturated carbocycles. The van der Waals surface area contributed by atoms with Gasteiger partial charge in [0.1, 0.15) is 0 Å². The summed E-state index contributed by atoms with van der Waals surface area (Å²) in [4.78, 5) is 17.2. The number of hydrogen-bond donors (Lipinski definition) is 4. The first-order valence-electron chi connectivity index (χ1n) is 2.98. The number of rotatable bonds is 0. The molecule has 0 fully saturated rings. The van der Waals surface area contributed by atoms with E-state index in [4.69, 9.17) is 0 Å². The summed E-state index contributed by atoms with van der Waals surface area (Å²) >= 11 is 0. The van der Waals surface area contributed by atoms with Gasteiger partial charge in [-0.1, -0.05) is 0 Å². The van der Waals surface area contributed by atoms with Crippen LogP contribution < -0.4 is 22.5 Å². The van der Waals surface area contributed by atoms with Crippen LogP contribution in [0.15, 0.2) is 24.8 Å². The van der Waals surface area contributed by atoms with Gasteiger partial charge < -0.3 is 0 Å². The van der Waals surface area contributed by atoms with Crippen molar-refractivity contribution in [1.82, 2.24) is 20.8 Å². The number of carbonyl (C=O) groups is 1. The summed E-state index contributed by atoms with van der Waals surface area (Å²) in [5, 5.41) is 0. The highest BCUT2D eigenvalue weighted by molar-refractivity contribution is 5.72. The molecule has 0 spiro atoms. The Hall–Kier alpha value is -1.73. The number of urea groups is 1. The topological polar surface area (TPSA) is 119 Å². The lowest BCUT2D eigenvalue weighted by Gasteiger charge is -1.90. The molecule has 66 valence electrons. The minimum Gasteiger partial charge on any atom is -0.275 e. The van der Waals surface area contributed by atoms with Crippen molar-refractivity contribution in [3.8, 4) is 0 Å². The molecule has 1 rings (SSSR count). The number of carbonyl (C=O) groups excluding carboxylic acids is 1. The summed E-state index contributed by atoms with van der Waals surface area (Å²) in [7, 11) is 0. The molecule has 7 heteroatoms. The molecule has 7 nitrogen and oxygen atoms in total. The molecular formula is C5H10N6O. The van der Waals surface area contributed by atoms with Crippen molar-refractivity contribution < 1.29 is 4.79 Å². The summed E-state index contributed by atoms with van der Waals surface area (Å²) < 4.78 is 0. The molecule has 0 atom stereocenters. The second-order valence-corrected chi connectivity index (χ2v) is 1.51. The number of aromatic nitrogens is 2. The highest BCUT2D eigenvalue weighted by Crippen LogP contribution is 1.65. The van der Waals surface area contributed by atoms with Crippen LogP contribution >= 0.6 is 0 Å². The molecule has 0 aliphatic carbocycles. The minimum atomic E-state index is -0.602. The SMILES string of the molecule is NNC(=O)NN.c1cnccn1. The van der Waals surface area contributed by atoms with E-state index in [1.165, 1.54) is 0 Å². The molecule has 0 aliphatic rings. The lowest BCUT2D eigenvalue weighted by Crippen LogP contribution is -2.43. The first-order valence-corrected chi connectivity index (χ1v) is 2.98. The van der Waals surface area contributed by atoms with E-state index in [1.807, 2.05) is 0 Å². The van der Waals surface area contributed by atoms with Gasteiger partial charge in [-0.05, 0) is 0 Å². The zero-order valence-electron chi connectivity index (χ0n) is 6.27. The summed E-state index contributed by atoms with van der Waals surface area (Å²) in [6.07, 6.45) is 6.56. The van der Waals surface area contributed by atoms with Gasteiger partial charge in [0, 0.05) is 24.8 Å². The molecule has 0 bridgehead atoms. The number of nitrogens with zero attached hydrogens (tertiary/aromatic N) is 2. The standard InChI is InChI=1S/C4H4N2.CH6N4O/c1-2-6-4-3-5-1;2-4-1(6)5-3/h1-4H;2-3H2,(H2,4,5,6). The number of amides is 2. The fraction of sp³-hybridized carbons (Fsp3) is 0. The second-order valence-electron chi connectivity index (χ2n) is 1.51. The zero-order chi connectivity index (χ0) is 9.23. The summed E-state index contributed by atoms with van der Waals surface area (Å²) in [6, 6.07) is -0.602. The molecule has 1 aromatic rings. The predicted molar refractivity (Wildman–Crippen MR) is 42.1 cm³/mol. The molecule has 1 aromatic heterocycles. The van der Waals surface area contributed by atoms with E-state index in [0.29, 0.717) is 0 Å². The predicted octanol–water partition coefficient (Wildman–Crippen LogP) is -1.49. The van der Waals surface area contributed by atoms with Crippen LogP contribution in [0.2, 0.25) is 0 Å². The molecule has 12 heavy (non-hydrogen) atoms. The van der Waals surface area contributed by atoms with Gasteiger partial charge in [0.15, 0.2) is 0 Å². The Kier molecular flexibility index (Phi) is 6.31. The molecule has 2 amide bonds. The summed E-state index contributed by atoms with van der Waals surface area (Å²) in [6.45, 7) is 0. The minimum absolute atomic E-state index is 0.602. The Bertz CT molecular complexity index is 170. The third kappa shape index (κ3) is 6.39. The number of nitrogens with two attached hydrogens (primary N) is 2. The number of nitrogens with one attached hydrogen (secondary N) is 2. The van der Waals surface area contributed by atoms with Gasteiger partial charge in [-0.15, -0.1) is 0 Å². The van der Waals surface area contributed by atoms with Gasteiger partial charge in [-0.3, -0.25) is 20.8 Å². The maximum absolute atomic E-state index is 9.71. The molecule has 0 saturated heterocycles. The number of hydrazine groups is 2. The Morgan fingerprint density at radius 2 is 1.33 bits per heavy atom. The Balaban J connectivity index is 0.000000202. The quantitative estimate of drug-likeness (QED) is 0.215. The lowest BCUT2D eigenvalue weighted by molar-refractivity contribution is 0.241. The highest BCUT2D eigenvalue weighted by Gasteiger charge is 1.83. The Morgan fingerprint density at radius 3 is 1.42 bits per heavy atom. The van der Waals surface area contributed by atoms with Crippen LogP contribution in [0.3, 0.4) is 0 Å². The summed E-state index contributed by atoms with van der Waals surface area (Å²) in [5.41, 5.74) is 3.48. The first kappa shape index (κ1) is 10.3. The van der Waals surface area contributed by atoms with Crippen molar-refractivity contribution in [3.63, 3.8) is 0 Å². The largest absolute Gasteiger partial charge is 0.343 e. The van der Waals surface area contributed by atoms with Gasteiger partial charge >= 0.3 is 6.03 Å². The molecule has 0 radical (unpaired) electrons. The van der Waals surface area contributed by atoms with Crippen LogP contribution in [0, 0.1) is 0 Å². The van der Waals surface area contributed by atoms with Gasteiger partial charge in [-0.25, -0.2) is 16.5 Å². The van der Waals surface area contributed by atoms with Crippen molar-refractivity contribution in [3.05, 3.63) is 24.8 Å². The maximum atomic E-state index is 9.71. The van der Waals surface area contributed by atoms with Crippen LogP contribution in [0.4, 0.5) is 4.79 Å². The smallest absolute Gasteiger partial charge is 0.275 e. The van der Waals surface area contributed by atoms with E-state index in [2.05, 4.69) is 21.7 Å². The molecular weight excluding hydrogens is 160 g/mol. The molecule has 6 N–H and O–H groups in total. The van der Waals surface area contributed by atoms with Crippen LogP contribution in [-0.4, -0.2) is 16.0 Å². The lowest BCUT2D eigenvalue weighted by atomic mass is 10.8. The third-order valence-electron chi connectivity index (χ3n) is 0.740. The second kappa shape index (κ2) is 7.38. The normalized spacial score (nSPS) is 7.50. The van der Waals surface area contributed by atoms with Gasteiger partial charge in [0.05, 0.1) is 0 Å². The monoisotopic (exact) mass is 170 g/mol. The van der Waals surface area contributed by atoms with E-state index >= 15 is 0 Å². The van der Waals surface area contributed by atoms with E-state index in [9.17, 15) is 4.79 Å². The van der Waals surface area contributed by atoms with Crippen LogP contribution in [-0.2, 0) is 0 Å². The fourth-order valence-corrected chi connectivity index (χ4v) is 0.295. The van der Waals surface area contributed by atoms with Crippen LogP contribution in [0.5, 0.6) is 0 Å². The molecule has 0 unspecified atom stereocenters. The summed E-state index contributed by atoms with van der Waals surface area (Å²) in [5.74, 6) is 9.08. The van der Waals surface area contributed by atoms with E-state index in [0.717, 1.165) is 0 Å². The Labute approximate surface area is 69.1 Å². The van der Waals surface area contributed by atoms with Crippen molar-refractivity contribution in [2.45, 2.75) is 0 Å².